The van der Waals surface area contributed by atoms with E-state index in [2.05, 4.69) is 24.4 Å². The van der Waals surface area contributed by atoms with Gasteiger partial charge >= 0.3 is 0 Å². The minimum Gasteiger partial charge on any atom is -0.392 e. The zero-order valence-electron chi connectivity index (χ0n) is 13.0. The summed E-state index contributed by atoms with van der Waals surface area (Å²) < 4.78 is 0. The lowest BCUT2D eigenvalue weighted by Gasteiger charge is -2.06. The van der Waals surface area contributed by atoms with Crippen LogP contribution >= 0.6 is 11.3 Å². The number of carbonyl (C=O) groups is 1. The van der Waals surface area contributed by atoms with Crippen molar-refractivity contribution in [1.29, 1.82) is 0 Å². The van der Waals surface area contributed by atoms with Crippen LogP contribution in [0.5, 0.6) is 0 Å². The second-order valence-electron chi connectivity index (χ2n) is 5.44. The molecule has 0 aliphatic carbocycles. The van der Waals surface area contributed by atoms with Crippen LogP contribution < -0.4 is 5.32 Å². The third kappa shape index (κ3) is 5.62. The zero-order valence-corrected chi connectivity index (χ0v) is 13.8. The zero-order chi connectivity index (χ0) is 15.8. The van der Waals surface area contributed by atoms with Crippen LogP contribution in [0, 0.1) is 6.92 Å². The molecule has 0 aliphatic heterocycles. The topological polar surface area (TPSA) is 49.3 Å². The lowest BCUT2D eigenvalue weighted by Crippen LogP contribution is -2.25. The number of aliphatic hydroxyl groups excluding tert-OH is 1. The molecule has 1 heterocycles. The van der Waals surface area contributed by atoms with Gasteiger partial charge in [-0.05, 0) is 49.4 Å². The number of nitrogens with one attached hydrogen (secondary N) is 1. The highest BCUT2D eigenvalue weighted by molar-refractivity contribution is 7.11. The lowest BCUT2D eigenvalue weighted by molar-refractivity contribution is -0.121. The fraction of sp³-hybridized carbons (Fsp3) is 0.389. The van der Waals surface area contributed by atoms with Gasteiger partial charge in [-0.15, -0.1) is 11.3 Å². The van der Waals surface area contributed by atoms with E-state index in [0.29, 0.717) is 13.0 Å². The summed E-state index contributed by atoms with van der Waals surface area (Å²) in [6.07, 6.45) is 3.29. The van der Waals surface area contributed by atoms with E-state index in [1.807, 2.05) is 35.6 Å². The molecule has 0 aliphatic rings. The molecule has 0 spiro atoms. The molecule has 1 amide bonds. The number of carbonyl (C=O) groups excluding carboxylic acids is 1. The first-order valence-corrected chi connectivity index (χ1v) is 8.49. The molecular weight excluding hydrogens is 294 g/mol. The predicted octanol–water partition coefficient (Wildman–Crippen LogP) is 3.23. The summed E-state index contributed by atoms with van der Waals surface area (Å²) in [5, 5.41) is 12.0. The first kappa shape index (κ1) is 16.7. The summed E-state index contributed by atoms with van der Waals surface area (Å²) in [7, 11) is 0. The van der Waals surface area contributed by atoms with Gasteiger partial charge < -0.3 is 10.4 Å². The fourth-order valence-corrected chi connectivity index (χ4v) is 3.22. The Morgan fingerprint density at radius 1 is 1.09 bits per heavy atom. The quantitative estimate of drug-likeness (QED) is 0.785. The number of amides is 1. The van der Waals surface area contributed by atoms with E-state index in [9.17, 15) is 4.79 Å². The van der Waals surface area contributed by atoms with Crippen LogP contribution in [-0.4, -0.2) is 17.6 Å². The number of hydrogen-bond donors (Lipinski definition) is 2. The lowest BCUT2D eigenvalue weighted by atomic mass is 10.1. The smallest absolute Gasteiger partial charge is 0.220 e. The number of thiophene rings is 1. The highest BCUT2D eigenvalue weighted by atomic mass is 32.1. The summed E-state index contributed by atoms with van der Waals surface area (Å²) in [6.45, 7) is 2.84. The molecular formula is C18H23NO2S. The first-order valence-electron chi connectivity index (χ1n) is 7.68. The average molecular weight is 317 g/mol. The van der Waals surface area contributed by atoms with Gasteiger partial charge in [0, 0.05) is 22.7 Å². The van der Waals surface area contributed by atoms with Crippen LogP contribution in [0.1, 0.15) is 33.7 Å². The first-order chi connectivity index (χ1) is 10.7. The molecule has 3 nitrogen and oxygen atoms in total. The Balaban J connectivity index is 1.60. The average Bonchev–Trinajstić information content (AvgIpc) is 2.93. The van der Waals surface area contributed by atoms with E-state index >= 15 is 0 Å². The molecule has 0 unspecified atom stereocenters. The molecule has 1 aromatic heterocycles. The van der Waals surface area contributed by atoms with Crippen molar-refractivity contribution >= 4 is 17.2 Å². The molecule has 0 radical (unpaired) electrons. The number of aliphatic hydroxyl groups is 1. The number of rotatable bonds is 8. The molecule has 0 saturated carbocycles. The Hall–Kier alpha value is -1.65. The van der Waals surface area contributed by atoms with Crippen LogP contribution in [-0.2, 0) is 24.2 Å². The van der Waals surface area contributed by atoms with Gasteiger partial charge in [0.05, 0.1) is 6.61 Å². The predicted molar refractivity (Wildman–Crippen MR) is 91.1 cm³/mol. The van der Waals surface area contributed by atoms with E-state index in [1.54, 1.807) is 0 Å². The fourth-order valence-electron chi connectivity index (χ4n) is 2.29. The monoisotopic (exact) mass is 317 g/mol. The third-order valence-electron chi connectivity index (χ3n) is 3.56. The summed E-state index contributed by atoms with van der Waals surface area (Å²) in [4.78, 5) is 14.5. The van der Waals surface area contributed by atoms with Gasteiger partial charge in [0.25, 0.3) is 0 Å². The van der Waals surface area contributed by atoms with Crippen molar-refractivity contribution in [2.75, 3.05) is 6.54 Å². The van der Waals surface area contributed by atoms with E-state index in [0.717, 1.165) is 24.8 Å². The van der Waals surface area contributed by atoms with Gasteiger partial charge in [0.2, 0.25) is 5.91 Å². The summed E-state index contributed by atoms with van der Waals surface area (Å²) in [5.74, 6) is 0.125. The van der Waals surface area contributed by atoms with Crippen LogP contribution in [0.3, 0.4) is 0 Å². The minimum absolute atomic E-state index is 0.0702. The molecule has 0 atom stereocenters. The molecule has 118 valence electrons. The highest BCUT2D eigenvalue weighted by Crippen LogP contribution is 2.17. The van der Waals surface area contributed by atoms with Gasteiger partial charge in [0.15, 0.2) is 0 Å². The summed E-state index contributed by atoms with van der Waals surface area (Å²) in [6, 6.07) is 12.1. The number of benzene rings is 1. The number of aryl methyl sites for hydroxylation is 2. The molecule has 0 fully saturated rings. The van der Waals surface area contributed by atoms with Crippen molar-refractivity contribution in [3.63, 3.8) is 0 Å². The van der Waals surface area contributed by atoms with Gasteiger partial charge in [-0.1, -0.05) is 24.3 Å². The van der Waals surface area contributed by atoms with E-state index in [4.69, 9.17) is 5.11 Å². The maximum atomic E-state index is 11.8. The van der Waals surface area contributed by atoms with Gasteiger partial charge in [0.1, 0.15) is 0 Å². The van der Waals surface area contributed by atoms with E-state index in [-0.39, 0.29) is 12.5 Å². The minimum atomic E-state index is 0.0702. The maximum absolute atomic E-state index is 11.8. The standard InChI is InChI=1S/C18H23NO2S/c1-14-5-10-17(22-14)3-2-4-18(21)19-12-11-15-6-8-16(13-20)9-7-15/h5-10,20H,2-4,11-13H2,1H3,(H,19,21). The SMILES string of the molecule is Cc1ccc(CCCC(=O)NCCc2ccc(CO)cc2)s1. The largest absolute Gasteiger partial charge is 0.392 e. The van der Waals surface area contributed by atoms with Crippen LogP contribution in [0.15, 0.2) is 36.4 Å². The molecule has 4 heteroatoms. The van der Waals surface area contributed by atoms with Crippen molar-refractivity contribution < 1.29 is 9.90 Å². The second kappa shape index (κ2) is 8.71. The van der Waals surface area contributed by atoms with Crippen LogP contribution in [0.4, 0.5) is 0 Å². The van der Waals surface area contributed by atoms with Crippen molar-refractivity contribution in [3.05, 3.63) is 57.3 Å². The van der Waals surface area contributed by atoms with Crippen molar-refractivity contribution in [2.45, 2.75) is 39.2 Å². The van der Waals surface area contributed by atoms with Crippen LogP contribution in [0.2, 0.25) is 0 Å². The van der Waals surface area contributed by atoms with Crippen molar-refractivity contribution in [3.8, 4) is 0 Å². The van der Waals surface area contributed by atoms with Crippen molar-refractivity contribution in [1.82, 2.24) is 5.32 Å². The van der Waals surface area contributed by atoms with E-state index in [1.165, 1.54) is 15.3 Å². The molecule has 2 aromatic rings. The Labute approximate surface area is 136 Å². The normalized spacial score (nSPS) is 10.6. The maximum Gasteiger partial charge on any atom is 0.220 e. The summed E-state index contributed by atoms with van der Waals surface area (Å²) >= 11 is 1.81. The van der Waals surface area contributed by atoms with Crippen LogP contribution in [0.25, 0.3) is 0 Å². The Morgan fingerprint density at radius 3 is 2.45 bits per heavy atom. The summed E-state index contributed by atoms with van der Waals surface area (Å²) in [5.41, 5.74) is 2.09. The molecule has 22 heavy (non-hydrogen) atoms. The van der Waals surface area contributed by atoms with Gasteiger partial charge in [-0.2, -0.15) is 0 Å². The van der Waals surface area contributed by atoms with E-state index < -0.39 is 0 Å². The molecule has 0 saturated heterocycles. The molecule has 2 rings (SSSR count). The van der Waals surface area contributed by atoms with Crippen molar-refractivity contribution in [2.24, 2.45) is 0 Å². The molecule has 1 aromatic carbocycles. The second-order valence-corrected chi connectivity index (χ2v) is 6.81. The highest BCUT2D eigenvalue weighted by Gasteiger charge is 2.03. The Kier molecular flexibility index (Phi) is 6.62. The number of hydrogen-bond acceptors (Lipinski definition) is 3. The Bertz CT molecular complexity index is 589. The van der Waals surface area contributed by atoms with Gasteiger partial charge in [-0.3, -0.25) is 4.79 Å². The third-order valence-corrected chi connectivity index (χ3v) is 4.62. The Morgan fingerprint density at radius 2 is 1.82 bits per heavy atom. The molecule has 2 N–H and O–H groups in total. The molecule has 0 bridgehead atoms. The van der Waals surface area contributed by atoms with Gasteiger partial charge in [-0.25, -0.2) is 0 Å².